The van der Waals surface area contributed by atoms with Gasteiger partial charge in [0, 0.05) is 38.4 Å². The predicted molar refractivity (Wildman–Crippen MR) is 86.2 cm³/mol. The molecule has 6 heteroatoms. The lowest BCUT2D eigenvalue weighted by molar-refractivity contribution is 0.580. The van der Waals surface area contributed by atoms with Crippen molar-refractivity contribution in [2.45, 2.75) is 6.92 Å². The Morgan fingerprint density at radius 1 is 1.09 bits per heavy atom. The SMILES string of the molecule is CCN(c1ccc(F)cc1)c1cnc(N2CCNCC2)nc1. The maximum Gasteiger partial charge on any atom is 0.225 e. The van der Waals surface area contributed by atoms with Gasteiger partial charge < -0.3 is 15.1 Å². The van der Waals surface area contributed by atoms with Crippen LogP contribution in [0.4, 0.5) is 21.7 Å². The molecule has 22 heavy (non-hydrogen) atoms. The van der Waals surface area contributed by atoms with Crippen LogP contribution in [0.3, 0.4) is 0 Å². The van der Waals surface area contributed by atoms with Crippen LogP contribution in [0, 0.1) is 5.82 Å². The van der Waals surface area contributed by atoms with E-state index in [-0.39, 0.29) is 5.82 Å². The van der Waals surface area contributed by atoms with Gasteiger partial charge in [-0.3, -0.25) is 0 Å². The zero-order valence-electron chi connectivity index (χ0n) is 12.7. The van der Waals surface area contributed by atoms with Gasteiger partial charge in [0.25, 0.3) is 0 Å². The summed E-state index contributed by atoms with van der Waals surface area (Å²) < 4.78 is 13.1. The van der Waals surface area contributed by atoms with Crippen LogP contribution in [-0.4, -0.2) is 42.7 Å². The first kappa shape index (κ1) is 14.7. The smallest absolute Gasteiger partial charge is 0.225 e. The fourth-order valence-electron chi connectivity index (χ4n) is 2.62. The average molecular weight is 301 g/mol. The highest BCUT2D eigenvalue weighted by Crippen LogP contribution is 2.24. The molecule has 0 bridgehead atoms. The van der Waals surface area contributed by atoms with E-state index in [1.807, 2.05) is 19.3 Å². The first-order valence-corrected chi connectivity index (χ1v) is 7.59. The molecule has 3 rings (SSSR count). The van der Waals surface area contributed by atoms with E-state index in [4.69, 9.17) is 0 Å². The van der Waals surface area contributed by atoms with E-state index in [1.165, 1.54) is 12.1 Å². The standard InChI is InChI=1S/C16H20FN5/c1-2-22(14-5-3-13(17)4-6-14)15-11-19-16(20-12-15)21-9-7-18-8-10-21/h3-6,11-12,18H,2,7-10H2,1H3. The molecule has 0 atom stereocenters. The highest BCUT2D eigenvalue weighted by atomic mass is 19.1. The fraction of sp³-hybridized carbons (Fsp3) is 0.375. The van der Waals surface area contributed by atoms with Crippen LogP contribution in [0.15, 0.2) is 36.7 Å². The van der Waals surface area contributed by atoms with E-state index >= 15 is 0 Å². The maximum absolute atomic E-state index is 13.1. The minimum atomic E-state index is -0.231. The summed E-state index contributed by atoms with van der Waals surface area (Å²) >= 11 is 0. The number of hydrogen-bond acceptors (Lipinski definition) is 5. The van der Waals surface area contributed by atoms with Crippen LogP contribution in [0.1, 0.15) is 6.92 Å². The summed E-state index contributed by atoms with van der Waals surface area (Å²) in [5, 5.41) is 3.31. The predicted octanol–water partition coefficient (Wildman–Crippen LogP) is 2.18. The van der Waals surface area contributed by atoms with Crippen molar-refractivity contribution >= 4 is 17.3 Å². The number of benzene rings is 1. The number of anilines is 3. The van der Waals surface area contributed by atoms with E-state index in [2.05, 4.69) is 25.1 Å². The van der Waals surface area contributed by atoms with Gasteiger partial charge in [-0.2, -0.15) is 0 Å². The van der Waals surface area contributed by atoms with Gasteiger partial charge in [0.1, 0.15) is 5.82 Å². The number of aromatic nitrogens is 2. The summed E-state index contributed by atoms with van der Waals surface area (Å²) in [6.07, 6.45) is 3.66. The van der Waals surface area contributed by atoms with E-state index < -0.39 is 0 Å². The second-order valence-corrected chi connectivity index (χ2v) is 5.20. The molecule has 0 radical (unpaired) electrons. The third kappa shape index (κ3) is 3.17. The molecule has 0 amide bonds. The number of nitrogens with zero attached hydrogens (tertiary/aromatic N) is 4. The fourth-order valence-corrected chi connectivity index (χ4v) is 2.62. The normalized spacial score (nSPS) is 14.9. The summed E-state index contributed by atoms with van der Waals surface area (Å²) in [5.74, 6) is 0.533. The first-order valence-electron chi connectivity index (χ1n) is 7.59. The second-order valence-electron chi connectivity index (χ2n) is 5.20. The summed E-state index contributed by atoms with van der Waals surface area (Å²) in [5.41, 5.74) is 1.84. The Balaban J connectivity index is 1.79. The van der Waals surface area contributed by atoms with Gasteiger partial charge in [0.05, 0.1) is 18.1 Å². The number of halogens is 1. The van der Waals surface area contributed by atoms with Gasteiger partial charge in [-0.05, 0) is 31.2 Å². The number of hydrogen-bond donors (Lipinski definition) is 1. The zero-order valence-corrected chi connectivity index (χ0v) is 12.7. The lowest BCUT2D eigenvalue weighted by atomic mass is 10.2. The minimum absolute atomic E-state index is 0.231. The van der Waals surface area contributed by atoms with Crippen LogP contribution in [-0.2, 0) is 0 Å². The largest absolute Gasteiger partial charge is 0.339 e. The first-order chi connectivity index (χ1) is 10.8. The van der Waals surface area contributed by atoms with Crippen molar-refractivity contribution in [3.05, 3.63) is 42.5 Å². The monoisotopic (exact) mass is 301 g/mol. The Bertz CT molecular complexity index is 593. The molecule has 1 N–H and O–H groups in total. The molecule has 1 aromatic heterocycles. The molecule has 1 aliphatic heterocycles. The van der Waals surface area contributed by atoms with Crippen molar-refractivity contribution in [1.29, 1.82) is 0 Å². The Hall–Kier alpha value is -2.21. The van der Waals surface area contributed by atoms with Crippen molar-refractivity contribution in [1.82, 2.24) is 15.3 Å². The Kier molecular flexibility index (Phi) is 4.48. The summed E-state index contributed by atoms with van der Waals surface area (Å²) in [7, 11) is 0. The van der Waals surface area contributed by atoms with Crippen molar-refractivity contribution in [2.24, 2.45) is 0 Å². The lowest BCUT2D eigenvalue weighted by Gasteiger charge is -2.28. The van der Waals surface area contributed by atoms with Gasteiger partial charge in [-0.1, -0.05) is 0 Å². The van der Waals surface area contributed by atoms with E-state index in [0.29, 0.717) is 0 Å². The molecule has 1 aliphatic rings. The molecule has 1 aromatic carbocycles. The Morgan fingerprint density at radius 2 is 1.73 bits per heavy atom. The number of piperazine rings is 1. The summed E-state index contributed by atoms with van der Waals surface area (Å²) in [6, 6.07) is 6.47. The molecule has 0 aliphatic carbocycles. The lowest BCUT2D eigenvalue weighted by Crippen LogP contribution is -2.44. The molecule has 1 fully saturated rings. The highest BCUT2D eigenvalue weighted by molar-refractivity contribution is 5.62. The van der Waals surface area contributed by atoms with Crippen LogP contribution in [0.25, 0.3) is 0 Å². The van der Waals surface area contributed by atoms with Crippen LogP contribution < -0.4 is 15.1 Å². The number of rotatable bonds is 4. The molecule has 116 valence electrons. The number of nitrogens with one attached hydrogen (secondary N) is 1. The van der Waals surface area contributed by atoms with Crippen molar-refractivity contribution in [3.63, 3.8) is 0 Å². The molecule has 5 nitrogen and oxygen atoms in total. The van der Waals surface area contributed by atoms with Gasteiger partial charge in [0.2, 0.25) is 5.95 Å². The van der Waals surface area contributed by atoms with Crippen molar-refractivity contribution in [2.75, 3.05) is 42.5 Å². The molecule has 0 spiro atoms. The third-order valence-corrected chi connectivity index (χ3v) is 3.79. The topological polar surface area (TPSA) is 44.3 Å². The van der Waals surface area contributed by atoms with Crippen LogP contribution in [0.2, 0.25) is 0 Å². The Morgan fingerprint density at radius 3 is 2.32 bits per heavy atom. The van der Waals surface area contributed by atoms with Gasteiger partial charge in [-0.15, -0.1) is 0 Å². The molecule has 0 saturated carbocycles. The van der Waals surface area contributed by atoms with E-state index in [0.717, 1.165) is 50.0 Å². The highest BCUT2D eigenvalue weighted by Gasteiger charge is 2.14. The Labute approximate surface area is 129 Å². The van der Waals surface area contributed by atoms with Crippen LogP contribution in [0.5, 0.6) is 0 Å². The molecule has 1 saturated heterocycles. The molecular weight excluding hydrogens is 281 g/mol. The molecule has 2 heterocycles. The van der Waals surface area contributed by atoms with E-state index in [9.17, 15) is 4.39 Å². The minimum Gasteiger partial charge on any atom is -0.339 e. The van der Waals surface area contributed by atoms with E-state index in [1.54, 1.807) is 12.1 Å². The molecular formula is C16H20FN5. The quantitative estimate of drug-likeness (QED) is 0.938. The van der Waals surface area contributed by atoms with Gasteiger partial charge in [-0.25, -0.2) is 14.4 Å². The second kappa shape index (κ2) is 6.70. The van der Waals surface area contributed by atoms with Gasteiger partial charge in [0.15, 0.2) is 0 Å². The third-order valence-electron chi connectivity index (χ3n) is 3.79. The van der Waals surface area contributed by atoms with Crippen molar-refractivity contribution < 1.29 is 4.39 Å². The molecule has 0 unspecified atom stereocenters. The summed E-state index contributed by atoms with van der Waals surface area (Å²) in [6.45, 7) is 6.59. The average Bonchev–Trinajstić information content (AvgIpc) is 2.59. The van der Waals surface area contributed by atoms with Crippen LogP contribution >= 0.6 is 0 Å². The molecule has 2 aromatic rings. The zero-order chi connectivity index (χ0) is 15.4. The van der Waals surface area contributed by atoms with Gasteiger partial charge >= 0.3 is 0 Å². The maximum atomic E-state index is 13.1. The summed E-state index contributed by atoms with van der Waals surface area (Å²) in [4.78, 5) is 13.2. The van der Waals surface area contributed by atoms with Crippen molar-refractivity contribution in [3.8, 4) is 0 Å².